The highest BCUT2D eigenvalue weighted by atomic mass is 35.5. The van der Waals surface area contributed by atoms with Gasteiger partial charge in [0.05, 0.1) is 23.4 Å². The fourth-order valence-electron chi connectivity index (χ4n) is 3.63. The number of hydrogen-bond donors (Lipinski definition) is 1. The number of thioether (sulfide) groups is 1. The number of halogens is 1. The number of allylic oxidation sites excluding steroid dienone is 1. The summed E-state index contributed by atoms with van der Waals surface area (Å²) in [5.41, 5.74) is 2.25. The summed E-state index contributed by atoms with van der Waals surface area (Å²) in [6.45, 7) is 4.28. The molecule has 7 nitrogen and oxygen atoms in total. The van der Waals surface area contributed by atoms with Gasteiger partial charge in [-0.15, -0.1) is 28.1 Å². The molecule has 0 spiro atoms. The minimum absolute atomic E-state index is 0.112. The molecule has 10 heteroatoms. The molecule has 0 saturated carbocycles. The van der Waals surface area contributed by atoms with Crippen molar-refractivity contribution in [1.29, 1.82) is 0 Å². The van der Waals surface area contributed by atoms with Crippen LogP contribution in [-0.2, 0) is 28.9 Å². The van der Waals surface area contributed by atoms with E-state index in [1.807, 2.05) is 22.8 Å². The van der Waals surface area contributed by atoms with E-state index in [9.17, 15) is 9.59 Å². The second kappa shape index (κ2) is 9.89. The van der Waals surface area contributed by atoms with Crippen molar-refractivity contribution in [2.24, 2.45) is 0 Å². The second-order valence-corrected chi connectivity index (χ2v) is 9.53. The number of benzene rings is 1. The molecule has 1 aromatic carbocycles. The SMILES string of the molecule is C=CCn1c(SCC(=O)Nc2sc3c(c2C(=O)OC)CCC3)nnc1-c1ccccc1Cl. The smallest absolute Gasteiger partial charge is 0.341 e. The Labute approximate surface area is 198 Å². The number of nitrogens with one attached hydrogen (secondary N) is 1. The van der Waals surface area contributed by atoms with Crippen molar-refractivity contribution in [2.45, 2.75) is 31.0 Å². The third-order valence-corrected chi connectivity index (χ3v) is 7.54. The van der Waals surface area contributed by atoms with Gasteiger partial charge in [-0.25, -0.2) is 4.79 Å². The van der Waals surface area contributed by atoms with E-state index in [1.54, 1.807) is 12.1 Å². The molecule has 166 valence electrons. The third kappa shape index (κ3) is 4.46. The minimum atomic E-state index is -0.414. The van der Waals surface area contributed by atoms with Crippen molar-refractivity contribution in [3.8, 4) is 11.4 Å². The van der Waals surface area contributed by atoms with Gasteiger partial charge in [0.25, 0.3) is 0 Å². The number of esters is 1. The molecular formula is C22H21ClN4O3S2. The zero-order valence-corrected chi connectivity index (χ0v) is 19.8. The van der Waals surface area contributed by atoms with Crippen LogP contribution in [0.5, 0.6) is 0 Å². The molecule has 0 saturated heterocycles. The molecule has 32 heavy (non-hydrogen) atoms. The van der Waals surface area contributed by atoms with Gasteiger partial charge in [0, 0.05) is 17.0 Å². The third-order valence-electron chi connectivity index (χ3n) is 5.04. The number of thiophene rings is 1. The Morgan fingerprint density at radius 1 is 1.34 bits per heavy atom. The fourth-order valence-corrected chi connectivity index (χ4v) is 5.90. The number of anilines is 1. The Hall–Kier alpha value is -2.62. The van der Waals surface area contributed by atoms with Crippen LogP contribution < -0.4 is 5.32 Å². The van der Waals surface area contributed by atoms with Gasteiger partial charge in [0.15, 0.2) is 11.0 Å². The molecule has 3 aromatic rings. The van der Waals surface area contributed by atoms with Crippen molar-refractivity contribution in [3.63, 3.8) is 0 Å². The summed E-state index contributed by atoms with van der Waals surface area (Å²) in [5.74, 6) is 0.0806. The lowest BCUT2D eigenvalue weighted by atomic mass is 10.1. The molecule has 0 atom stereocenters. The van der Waals surface area contributed by atoms with Crippen molar-refractivity contribution in [2.75, 3.05) is 18.2 Å². The van der Waals surface area contributed by atoms with Gasteiger partial charge < -0.3 is 10.1 Å². The maximum absolute atomic E-state index is 12.7. The van der Waals surface area contributed by atoms with E-state index in [-0.39, 0.29) is 11.7 Å². The first-order valence-corrected chi connectivity index (χ1v) is 12.2. The Morgan fingerprint density at radius 2 is 2.16 bits per heavy atom. The number of carbonyl (C=O) groups excluding carboxylic acids is 2. The van der Waals surface area contributed by atoms with Gasteiger partial charge in [-0.2, -0.15) is 0 Å². The molecule has 1 amide bonds. The molecule has 1 aliphatic carbocycles. The predicted octanol–water partition coefficient (Wildman–Crippen LogP) is 4.85. The number of methoxy groups -OCH3 is 1. The normalized spacial score (nSPS) is 12.4. The maximum atomic E-state index is 12.7. The standard InChI is InChI=1S/C22H21ClN4O3S2/c1-3-11-27-19(13-7-4-5-9-15(13)23)25-26-22(27)31-12-17(28)24-20-18(21(29)30-2)14-8-6-10-16(14)32-20/h3-5,7,9H,1,6,8,10-12H2,2H3,(H,24,28). The number of amides is 1. The molecular weight excluding hydrogens is 468 g/mol. The van der Waals surface area contributed by atoms with Gasteiger partial charge in [-0.1, -0.05) is 41.6 Å². The zero-order chi connectivity index (χ0) is 22.7. The van der Waals surface area contributed by atoms with Crippen LogP contribution in [0.2, 0.25) is 5.02 Å². The van der Waals surface area contributed by atoms with E-state index in [1.165, 1.54) is 30.2 Å². The van der Waals surface area contributed by atoms with Crippen molar-refractivity contribution in [1.82, 2.24) is 14.8 Å². The zero-order valence-electron chi connectivity index (χ0n) is 17.4. The average molecular weight is 489 g/mol. The summed E-state index contributed by atoms with van der Waals surface area (Å²) < 4.78 is 6.80. The topological polar surface area (TPSA) is 86.1 Å². The number of nitrogens with zero attached hydrogens (tertiary/aromatic N) is 3. The molecule has 0 fully saturated rings. The Kier molecular flexibility index (Phi) is 6.98. The molecule has 4 rings (SSSR count). The maximum Gasteiger partial charge on any atom is 0.341 e. The summed E-state index contributed by atoms with van der Waals surface area (Å²) in [6.07, 6.45) is 4.51. The van der Waals surface area contributed by atoms with Gasteiger partial charge in [-0.3, -0.25) is 9.36 Å². The van der Waals surface area contributed by atoms with Crippen LogP contribution in [0.3, 0.4) is 0 Å². The molecule has 0 bridgehead atoms. The lowest BCUT2D eigenvalue weighted by Crippen LogP contribution is -2.16. The van der Waals surface area contributed by atoms with Gasteiger partial charge in [0.1, 0.15) is 5.00 Å². The molecule has 1 aliphatic rings. The van der Waals surface area contributed by atoms with Crippen molar-refractivity contribution >= 4 is 51.6 Å². The van der Waals surface area contributed by atoms with Crippen LogP contribution in [-0.4, -0.2) is 39.5 Å². The first-order valence-electron chi connectivity index (χ1n) is 9.98. The predicted molar refractivity (Wildman–Crippen MR) is 128 cm³/mol. The summed E-state index contributed by atoms with van der Waals surface area (Å²) >= 11 is 9.04. The summed E-state index contributed by atoms with van der Waals surface area (Å²) in [5, 5.41) is 13.1. The number of hydrogen-bond acceptors (Lipinski definition) is 7. The lowest BCUT2D eigenvalue weighted by Gasteiger charge is -2.09. The van der Waals surface area contributed by atoms with Crippen LogP contribution in [0.15, 0.2) is 42.1 Å². The molecule has 0 aliphatic heterocycles. The molecule has 2 heterocycles. The Morgan fingerprint density at radius 3 is 2.91 bits per heavy atom. The quantitative estimate of drug-likeness (QED) is 0.277. The summed E-state index contributed by atoms with van der Waals surface area (Å²) in [4.78, 5) is 26.1. The van der Waals surface area contributed by atoms with E-state index in [2.05, 4.69) is 22.1 Å². The van der Waals surface area contributed by atoms with Crippen molar-refractivity contribution in [3.05, 3.63) is 57.9 Å². The molecule has 2 aromatic heterocycles. The van der Waals surface area contributed by atoms with Gasteiger partial charge in [-0.05, 0) is 37.0 Å². The van der Waals surface area contributed by atoms with Crippen LogP contribution in [0.4, 0.5) is 5.00 Å². The van der Waals surface area contributed by atoms with Crippen molar-refractivity contribution < 1.29 is 14.3 Å². The minimum Gasteiger partial charge on any atom is -0.465 e. The highest BCUT2D eigenvalue weighted by Crippen LogP contribution is 2.39. The largest absolute Gasteiger partial charge is 0.465 e. The Balaban J connectivity index is 1.50. The highest BCUT2D eigenvalue weighted by molar-refractivity contribution is 7.99. The van der Waals surface area contributed by atoms with Gasteiger partial charge in [0.2, 0.25) is 5.91 Å². The van der Waals surface area contributed by atoms with Crippen LogP contribution in [0, 0.1) is 0 Å². The Bertz CT molecular complexity index is 1190. The van der Waals surface area contributed by atoms with Crippen LogP contribution in [0.25, 0.3) is 11.4 Å². The van der Waals surface area contributed by atoms with E-state index in [4.69, 9.17) is 16.3 Å². The highest BCUT2D eigenvalue weighted by Gasteiger charge is 2.28. The fraction of sp³-hybridized carbons (Fsp3) is 0.273. The monoisotopic (exact) mass is 488 g/mol. The van der Waals surface area contributed by atoms with E-state index < -0.39 is 5.97 Å². The lowest BCUT2D eigenvalue weighted by molar-refractivity contribution is -0.113. The molecule has 1 N–H and O–H groups in total. The van der Waals surface area contributed by atoms with E-state index in [0.29, 0.717) is 33.1 Å². The summed E-state index contributed by atoms with van der Waals surface area (Å²) in [6, 6.07) is 7.40. The number of aromatic nitrogens is 3. The first kappa shape index (κ1) is 22.6. The van der Waals surface area contributed by atoms with Crippen LogP contribution >= 0.6 is 34.7 Å². The number of ether oxygens (including phenoxy) is 1. The van der Waals surface area contributed by atoms with E-state index >= 15 is 0 Å². The number of carbonyl (C=O) groups is 2. The molecule has 0 unspecified atom stereocenters. The van der Waals surface area contributed by atoms with Crippen LogP contribution in [0.1, 0.15) is 27.2 Å². The number of aryl methyl sites for hydroxylation is 1. The first-order chi connectivity index (χ1) is 15.5. The van der Waals surface area contributed by atoms with Gasteiger partial charge >= 0.3 is 5.97 Å². The summed E-state index contributed by atoms with van der Waals surface area (Å²) in [7, 11) is 1.35. The molecule has 0 radical (unpaired) electrons. The average Bonchev–Trinajstić information content (AvgIpc) is 3.47. The number of rotatable bonds is 8. The van der Waals surface area contributed by atoms with E-state index in [0.717, 1.165) is 35.3 Å². The second-order valence-electron chi connectivity index (χ2n) is 7.08. The number of fused-ring (bicyclic) bond motifs is 1.